The van der Waals surface area contributed by atoms with Crippen LogP contribution >= 0.6 is 11.8 Å². The topological polar surface area (TPSA) is 69.4 Å². The number of carbonyl (C=O) groups excluding carboxylic acids is 1. The summed E-state index contributed by atoms with van der Waals surface area (Å²) in [6, 6.07) is 17.7. The molecule has 1 atom stereocenters. The lowest BCUT2D eigenvalue weighted by Gasteiger charge is -2.12. The van der Waals surface area contributed by atoms with Crippen LogP contribution in [-0.4, -0.2) is 17.5 Å². The molecule has 0 aromatic heterocycles. The van der Waals surface area contributed by atoms with Gasteiger partial charge in [-0.2, -0.15) is 0 Å². The van der Waals surface area contributed by atoms with Crippen molar-refractivity contribution in [3.05, 3.63) is 82.6 Å². The Morgan fingerprint density at radius 2 is 1.80 bits per heavy atom. The normalized spacial score (nSPS) is 12.0. The van der Waals surface area contributed by atoms with Gasteiger partial charge in [-0.3, -0.25) is 14.9 Å². The van der Waals surface area contributed by atoms with Gasteiger partial charge in [0.15, 0.2) is 0 Å². The SMILES string of the molecule is CCOC(=O)CC(/C=C/[N+](=O)[O-])c1ccc(Sc2ccccc2)cc1. The first kappa shape index (κ1) is 18.7. The predicted octanol–water partition coefficient (Wildman–Crippen LogP) is 4.67. The number of rotatable bonds is 8. The van der Waals surface area contributed by atoms with Gasteiger partial charge >= 0.3 is 5.97 Å². The van der Waals surface area contributed by atoms with Crippen LogP contribution < -0.4 is 0 Å². The Morgan fingerprint density at radius 3 is 2.40 bits per heavy atom. The van der Waals surface area contributed by atoms with Crippen LogP contribution in [0.1, 0.15) is 24.8 Å². The minimum absolute atomic E-state index is 0.0728. The summed E-state index contributed by atoms with van der Waals surface area (Å²) in [4.78, 5) is 24.0. The van der Waals surface area contributed by atoms with E-state index in [0.29, 0.717) is 0 Å². The number of carbonyl (C=O) groups is 1. The van der Waals surface area contributed by atoms with Crippen molar-refractivity contribution in [3.63, 3.8) is 0 Å². The molecular weight excluding hydrogens is 338 g/mol. The molecule has 0 aliphatic rings. The Hall–Kier alpha value is -2.60. The number of ether oxygens (including phenoxy) is 1. The van der Waals surface area contributed by atoms with Crippen LogP contribution in [0.2, 0.25) is 0 Å². The summed E-state index contributed by atoms with van der Waals surface area (Å²) in [5.74, 6) is -0.761. The van der Waals surface area contributed by atoms with Gasteiger partial charge in [0, 0.05) is 15.7 Å². The number of esters is 1. The summed E-state index contributed by atoms with van der Waals surface area (Å²) in [5.41, 5.74) is 0.837. The molecule has 0 radical (unpaired) electrons. The smallest absolute Gasteiger partial charge is 0.306 e. The van der Waals surface area contributed by atoms with E-state index in [9.17, 15) is 14.9 Å². The first-order valence-corrected chi connectivity index (χ1v) is 8.70. The molecule has 0 aliphatic heterocycles. The first-order chi connectivity index (χ1) is 12.1. The molecule has 1 unspecified atom stereocenters. The predicted molar refractivity (Wildman–Crippen MR) is 97.1 cm³/mol. The molecule has 2 aromatic rings. The fourth-order valence-corrected chi connectivity index (χ4v) is 3.12. The van der Waals surface area contributed by atoms with Crippen molar-refractivity contribution in [3.8, 4) is 0 Å². The molecule has 0 saturated carbocycles. The van der Waals surface area contributed by atoms with E-state index in [1.54, 1.807) is 18.7 Å². The molecule has 6 heteroatoms. The van der Waals surface area contributed by atoms with E-state index < -0.39 is 4.92 Å². The highest BCUT2D eigenvalue weighted by Crippen LogP contribution is 2.30. The third-order valence-corrected chi connectivity index (χ3v) is 4.43. The van der Waals surface area contributed by atoms with Crippen LogP contribution in [0.15, 0.2) is 76.7 Å². The van der Waals surface area contributed by atoms with Gasteiger partial charge in [0.25, 0.3) is 0 Å². The van der Waals surface area contributed by atoms with Crippen molar-refractivity contribution in [1.82, 2.24) is 0 Å². The van der Waals surface area contributed by atoms with Gasteiger partial charge in [0.2, 0.25) is 6.20 Å². The third kappa shape index (κ3) is 6.43. The molecule has 0 aliphatic carbocycles. The number of allylic oxidation sites excluding steroid dienone is 1. The van der Waals surface area contributed by atoms with Gasteiger partial charge in [-0.15, -0.1) is 0 Å². The number of hydrogen-bond donors (Lipinski definition) is 0. The van der Waals surface area contributed by atoms with E-state index >= 15 is 0 Å². The number of nitro groups is 1. The molecule has 130 valence electrons. The minimum atomic E-state index is -0.530. The van der Waals surface area contributed by atoms with Gasteiger partial charge in [-0.25, -0.2) is 0 Å². The van der Waals surface area contributed by atoms with Crippen molar-refractivity contribution in [2.45, 2.75) is 29.1 Å². The lowest BCUT2D eigenvalue weighted by Crippen LogP contribution is -2.09. The Kier molecular flexibility index (Phi) is 7.22. The molecular formula is C19H19NO4S. The zero-order chi connectivity index (χ0) is 18.1. The van der Waals surface area contributed by atoms with E-state index in [4.69, 9.17) is 4.74 Å². The number of hydrogen-bond acceptors (Lipinski definition) is 5. The molecule has 0 bridgehead atoms. The molecule has 0 fully saturated rings. The van der Waals surface area contributed by atoms with Crippen molar-refractivity contribution in [1.29, 1.82) is 0 Å². The average Bonchev–Trinajstić information content (AvgIpc) is 2.60. The molecule has 0 heterocycles. The van der Waals surface area contributed by atoms with Crippen molar-refractivity contribution < 1.29 is 14.5 Å². The molecule has 0 saturated heterocycles. The first-order valence-electron chi connectivity index (χ1n) is 7.88. The molecule has 0 spiro atoms. The van der Waals surface area contributed by atoms with Crippen LogP contribution in [0, 0.1) is 10.1 Å². The van der Waals surface area contributed by atoms with Crippen molar-refractivity contribution in [2.75, 3.05) is 6.61 Å². The quantitative estimate of drug-likeness (QED) is 0.390. The second kappa shape index (κ2) is 9.64. The van der Waals surface area contributed by atoms with E-state index in [-0.39, 0.29) is 24.9 Å². The summed E-state index contributed by atoms with van der Waals surface area (Å²) < 4.78 is 4.96. The van der Waals surface area contributed by atoms with Crippen LogP contribution in [0.5, 0.6) is 0 Å². The number of benzene rings is 2. The molecule has 0 N–H and O–H groups in total. The monoisotopic (exact) mass is 357 g/mol. The highest BCUT2D eigenvalue weighted by atomic mass is 32.2. The highest BCUT2D eigenvalue weighted by Gasteiger charge is 2.15. The summed E-state index contributed by atoms with van der Waals surface area (Å²) in [5, 5.41) is 10.6. The van der Waals surface area contributed by atoms with Gasteiger partial charge in [-0.1, -0.05) is 42.1 Å². The van der Waals surface area contributed by atoms with E-state index in [1.807, 2.05) is 54.6 Å². The lowest BCUT2D eigenvalue weighted by molar-refractivity contribution is -0.402. The van der Waals surface area contributed by atoms with Gasteiger partial charge in [0.1, 0.15) is 0 Å². The summed E-state index contributed by atoms with van der Waals surface area (Å²) in [6.07, 6.45) is 2.37. The Bertz CT molecular complexity index is 729. The third-order valence-electron chi connectivity index (χ3n) is 3.42. The van der Waals surface area contributed by atoms with E-state index in [0.717, 1.165) is 21.6 Å². The van der Waals surface area contributed by atoms with Crippen molar-refractivity contribution in [2.24, 2.45) is 0 Å². The standard InChI is InChI=1S/C19H19NO4S/c1-2-24-19(21)14-16(12-13-20(22)23)15-8-10-18(11-9-15)25-17-6-4-3-5-7-17/h3-13,16H,2,14H2,1H3/b13-12+. The minimum Gasteiger partial charge on any atom is -0.466 e. The Balaban J connectivity index is 2.13. The Labute approximate surface area is 150 Å². The summed E-state index contributed by atoms with van der Waals surface area (Å²) in [6.45, 7) is 2.02. The van der Waals surface area contributed by atoms with E-state index in [2.05, 4.69) is 0 Å². The van der Waals surface area contributed by atoms with Gasteiger partial charge in [0.05, 0.1) is 18.0 Å². The van der Waals surface area contributed by atoms with Gasteiger partial charge < -0.3 is 4.74 Å². The van der Waals surface area contributed by atoms with Crippen LogP contribution in [0.3, 0.4) is 0 Å². The maximum absolute atomic E-state index is 11.7. The van der Waals surface area contributed by atoms with Crippen LogP contribution in [-0.2, 0) is 9.53 Å². The highest BCUT2D eigenvalue weighted by molar-refractivity contribution is 7.99. The second-order valence-electron chi connectivity index (χ2n) is 5.23. The lowest BCUT2D eigenvalue weighted by atomic mass is 9.96. The molecule has 5 nitrogen and oxygen atoms in total. The molecule has 2 rings (SSSR count). The second-order valence-corrected chi connectivity index (χ2v) is 6.37. The average molecular weight is 357 g/mol. The fraction of sp³-hybridized carbons (Fsp3) is 0.211. The van der Waals surface area contributed by atoms with Crippen LogP contribution in [0.4, 0.5) is 0 Å². The van der Waals surface area contributed by atoms with Crippen molar-refractivity contribution >= 4 is 17.7 Å². The summed E-state index contributed by atoms with van der Waals surface area (Å²) in [7, 11) is 0. The Morgan fingerprint density at radius 1 is 1.16 bits per heavy atom. The van der Waals surface area contributed by atoms with Gasteiger partial charge in [-0.05, 0) is 42.8 Å². The molecule has 25 heavy (non-hydrogen) atoms. The zero-order valence-electron chi connectivity index (χ0n) is 13.8. The largest absolute Gasteiger partial charge is 0.466 e. The van der Waals surface area contributed by atoms with Crippen LogP contribution in [0.25, 0.3) is 0 Å². The van der Waals surface area contributed by atoms with E-state index in [1.165, 1.54) is 6.08 Å². The summed E-state index contributed by atoms with van der Waals surface area (Å²) >= 11 is 1.63. The zero-order valence-corrected chi connectivity index (χ0v) is 14.6. The fourth-order valence-electron chi connectivity index (χ4n) is 2.28. The molecule has 2 aromatic carbocycles. The maximum atomic E-state index is 11.7. The molecule has 0 amide bonds. The maximum Gasteiger partial charge on any atom is 0.306 e. The number of nitrogens with zero attached hydrogens (tertiary/aromatic N) is 1.